The Bertz CT molecular complexity index is 554. The fraction of sp³-hybridized carbons (Fsp3) is 0.692. The molecule has 0 aromatic carbocycles. The Labute approximate surface area is 125 Å². The number of nitrogens with zero attached hydrogens (tertiary/aromatic N) is 1. The molecule has 1 aromatic heterocycles. The minimum absolute atomic E-state index is 0.169. The van der Waals surface area contributed by atoms with Crippen molar-refractivity contribution in [2.24, 2.45) is 0 Å². The lowest BCUT2D eigenvalue weighted by Crippen LogP contribution is -2.43. The zero-order valence-electron chi connectivity index (χ0n) is 12.3. The van der Waals surface area contributed by atoms with Crippen LogP contribution < -0.4 is 5.32 Å². The van der Waals surface area contributed by atoms with E-state index in [9.17, 15) is 4.21 Å². The van der Waals surface area contributed by atoms with Gasteiger partial charge in [0.2, 0.25) is 0 Å². The van der Waals surface area contributed by atoms with Crippen molar-refractivity contribution in [1.29, 1.82) is 4.78 Å². The number of nitrogens with one attached hydrogen (secondary N) is 2. The molecule has 1 aromatic rings. The maximum absolute atomic E-state index is 12.9. The van der Waals surface area contributed by atoms with Crippen molar-refractivity contribution >= 4 is 21.3 Å². The molecule has 2 atom stereocenters. The average Bonchev–Trinajstić information content (AvgIpc) is 2.78. The molecule has 0 radical (unpaired) electrons. The summed E-state index contributed by atoms with van der Waals surface area (Å²) in [5.41, 5.74) is 1.05. The van der Waals surface area contributed by atoms with Crippen molar-refractivity contribution in [3.63, 3.8) is 0 Å². The summed E-state index contributed by atoms with van der Waals surface area (Å²) in [6.45, 7) is 6.84. The van der Waals surface area contributed by atoms with Gasteiger partial charge in [-0.15, -0.1) is 11.3 Å². The molecule has 1 aliphatic heterocycles. The molecule has 0 spiro atoms. The van der Waals surface area contributed by atoms with E-state index in [1.54, 1.807) is 11.4 Å². The lowest BCUT2D eigenvalue weighted by atomic mass is 10.1. The minimum atomic E-state index is -2.84. The second kappa shape index (κ2) is 6.53. The highest BCUT2D eigenvalue weighted by Crippen LogP contribution is 2.38. The third kappa shape index (κ3) is 3.07. The van der Waals surface area contributed by atoms with Gasteiger partial charge in [0.05, 0.1) is 0 Å². The number of aryl methyl sites for hydroxylation is 1. The molecule has 2 heterocycles. The number of thiophene rings is 1. The van der Waals surface area contributed by atoms with Gasteiger partial charge in [0.1, 0.15) is 14.1 Å². The van der Waals surface area contributed by atoms with Gasteiger partial charge < -0.3 is 10.1 Å². The van der Waals surface area contributed by atoms with Gasteiger partial charge in [-0.3, -0.25) is 0 Å². The molecule has 0 bridgehead atoms. The van der Waals surface area contributed by atoms with Crippen LogP contribution in [-0.2, 0) is 14.7 Å². The summed E-state index contributed by atoms with van der Waals surface area (Å²) in [6, 6.07) is 2.25. The Morgan fingerprint density at radius 3 is 3.05 bits per heavy atom. The van der Waals surface area contributed by atoms with Gasteiger partial charge >= 0.3 is 0 Å². The normalized spacial score (nSPS) is 26.6. The van der Waals surface area contributed by atoms with Crippen LogP contribution in [0.15, 0.2) is 10.3 Å². The number of rotatable bonds is 6. The van der Waals surface area contributed by atoms with E-state index in [-0.39, 0.29) is 6.04 Å². The average molecular weight is 317 g/mol. The third-order valence-electron chi connectivity index (χ3n) is 3.43. The summed E-state index contributed by atoms with van der Waals surface area (Å²) in [5.74, 6) is 0. The van der Waals surface area contributed by atoms with Gasteiger partial charge in [-0.25, -0.2) is 13.3 Å². The summed E-state index contributed by atoms with van der Waals surface area (Å²) in [7, 11) is -1.17. The first-order valence-electron chi connectivity index (χ1n) is 6.87. The summed E-state index contributed by atoms with van der Waals surface area (Å²) in [5, 5.41) is 3.44. The van der Waals surface area contributed by atoms with Crippen LogP contribution in [0.5, 0.6) is 0 Å². The molecule has 2 rings (SSSR count). The predicted octanol–water partition coefficient (Wildman–Crippen LogP) is 2.38. The second-order valence-corrected chi connectivity index (χ2v) is 8.46. The molecule has 0 saturated carbocycles. The number of hydrogen-bond donors (Lipinski definition) is 2. The minimum Gasteiger partial charge on any atom is -0.385 e. The second-order valence-electron chi connectivity index (χ2n) is 4.97. The van der Waals surface area contributed by atoms with Crippen LogP contribution in [0.4, 0.5) is 0 Å². The van der Waals surface area contributed by atoms with Gasteiger partial charge in [-0.1, -0.05) is 6.92 Å². The first-order valence-corrected chi connectivity index (χ1v) is 9.20. The number of methoxy groups -OCH3 is 1. The topological polar surface area (TPSA) is 65.4 Å². The van der Waals surface area contributed by atoms with E-state index in [0.29, 0.717) is 19.7 Å². The summed E-state index contributed by atoms with van der Waals surface area (Å²) >= 11 is 1.49. The Hall–Kier alpha value is -0.470. The fourth-order valence-corrected chi connectivity index (χ4v) is 5.98. The maximum atomic E-state index is 12.9. The lowest BCUT2D eigenvalue weighted by Gasteiger charge is -2.34. The van der Waals surface area contributed by atoms with Crippen LogP contribution in [0.3, 0.4) is 0 Å². The van der Waals surface area contributed by atoms with Crippen LogP contribution in [0.1, 0.15) is 29.8 Å². The molecule has 0 amide bonds. The maximum Gasteiger partial charge on any atom is 0.147 e. The van der Waals surface area contributed by atoms with Crippen LogP contribution in [0, 0.1) is 11.7 Å². The Morgan fingerprint density at radius 1 is 1.65 bits per heavy atom. The van der Waals surface area contributed by atoms with E-state index in [1.165, 1.54) is 11.3 Å². The van der Waals surface area contributed by atoms with Crippen LogP contribution in [-0.4, -0.2) is 41.9 Å². The van der Waals surface area contributed by atoms with E-state index in [1.807, 2.05) is 6.92 Å². The van der Waals surface area contributed by atoms with Crippen molar-refractivity contribution < 1.29 is 8.95 Å². The van der Waals surface area contributed by atoms with E-state index in [4.69, 9.17) is 9.52 Å². The zero-order valence-corrected chi connectivity index (χ0v) is 13.9. The van der Waals surface area contributed by atoms with Crippen LogP contribution in [0.2, 0.25) is 0 Å². The zero-order chi connectivity index (χ0) is 14.8. The number of likely N-dealkylation sites (N-methyl/N-ethyl adjacent to an activating group) is 1. The summed E-state index contributed by atoms with van der Waals surface area (Å²) in [6.07, 6.45) is 0.797. The Kier molecular flexibility index (Phi) is 5.19. The SMILES string of the molecule is CCN[C@H]1CN(CCCOC)S(=N)(=O)c2sc(C)cc21. The van der Waals surface area contributed by atoms with Gasteiger partial charge in [-0.05, 0) is 31.5 Å². The lowest BCUT2D eigenvalue weighted by molar-refractivity contribution is 0.186. The van der Waals surface area contributed by atoms with E-state index in [0.717, 1.165) is 27.6 Å². The van der Waals surface area contributed by atoms with Gasteiger partial charge in [0.15, 0.2) is 0 Å². The molecule has 0 aliphatic carbocycles. The molecule has 1 unspecified atom stereocenters. The summed E-state index contributed by atoms with van der Waals surface area (Å²) in [4.78, 5) is 1.12. The highest BCUT2D eigenvalue weighted by Gasteiger charge is 2.35. The van der Waals surface area contributed by atoms with Gasteiger partial charge in [-0.2, -0.15) is 0 Å². The number of fused-ring (bicyclic) bond motifs is 1. The third-order valence-corrected chi connectivity index (χ3v) is 7.02. The smallest absolute Gasteiger partial charge is 0.147 e. The quantitative estimate of drug-likeness (QED) is 0.792. The van der Waals surface area contributed by atoms with E-state index < -0.39 is 9.92 Å². The molecule has 5 nitrogen and oxygen atoms in total. The number of ether oxygens (including phenoxy) is 1. The van der Waals surface area contributed by atoms with Crippen LogP contribution in [0.25, 0.3) is 0 Å². The Balaban J connectivity index is 2.30. The summed E-state index contributed by atoms with van der Waals surface area (Å²) < 4.78 is 28.8. The van der Waals surface area contributed by atoms with Crippen molar-refractivity contribution in [2.45, 2.75) is 30.5 Å². The van der Waals surface area contributed by atoms with Crippen molar-refractivity contribution in [1.82, 2.24) is 9.62 Å². The van der Waals surface area contributed by atoms with Crippen molar-refractivity contribution in [3.05, 3.63) is 16.5 Å². The monoisotopic (exact) mass is 317 g/mol. The van der Waals surface area contributed by atoms with Gasteiger partial charge in [0, 0.05) is 37.7 Å². The molecule has 1 aliphatic rings. The predicted molar refractivity (Wildman–Crippen MR) is 82.7 cm³/mol. The van der Waals surface area contributed by atoms with E-state index in [2.05, 4.69) is 18.3 Å². The molecule has 114 valence electrons. The molecular weight excluding hydrogens is 294 g/mol. The molecule has 20 heavy (non-hydrogen) atoms. The Morgan fingerprint density at radius 2 is 2.40 bits per heavy atom. The van der Waals surface area contributed by atoms with Gasteiger partial charge in [0.25, 0.3) is 0 Å². The molecule has 0 fully saturated rings. The fourth-order valence-electron chi connectivity index (χ4n) is 2.52. The molecular formula is C13H23N3O2S2. The largest absolute Gasteiger partial charge is 0.385 e. The number of hydrogen-bond acceptors (Lipinski definition) is 5. The molecule has 0 saturated heterocycles. The highest BCUT2D eigenvalue weighted by molar-refractivity contribution is 7.92. The highest BCUT2D eigenvalue weighted by atomic mass is 32.2. The molecule has 7 heteroatoms. The van der Waals surface area contributed by atoms with Crippen LogP contribution >= 0.6 is 11.3 Å². The first-order chi connectivity index (χ1) is 9.50. The van der Waals surface area contributed by atoms with E-state index >= 15 is 0 Å². The molecule has 2 N–H and O–H groups in total. The van der Waals surface area contributed by atoms with Crippen molar-refractivity contribution in [3.8, 4) is 0 Å². The first kappa shape index (κ1) is 15.9. The standard InChI is InChI=1S/C13H23N3O2S2/c1-4-15-12-9-16(6-5-7-18-3)20(14,17)13-11(12)8-10(2)19-13/h8,12,14-15H,4-7,9H2,1-3H3/t12-,20?/m0/s1. The van der Waals surface area contributed by atoms with Crippen molar-refractivity contribution in [2.75, 3.05) is 33.4 Å².